The monoisotopic (exact) mass is 620 g/mol. The number of nitrogens with zero attached hydrogens (tertiary/aromatic N) is 1. The lowest BCUT2D eigenvalue weighted by Gasteiger charge is -2.31. The SMILES string of the molecule is O=C(NS(=O)(=O)C1CC1)c1cc(C2CC2)c(OCC2CCN(S(=O)(=O)c3ccc(OC(F)(F)F)cc3)CC2)cc1F. The summed E-state index contributed by atoms with van der Waals surface area (Å²) in [6.07, 6.45) is -1.44. The van der Waals surface area contributed by atoms with E-state index in [4.69, 9.17) is 4.74 Å². The molecule has 1 aliphatic heterocycles. The van der Waals surface area contributed by atoms with Crippen LogP contribution in [0.1, 0.15) is 60.4 Å². The van der Waals surface area contributed by atoms with E-state index in [1.54, 1.807) is 0 Å². The molecule has 3 fully saturated rings. The lowest BCUT2D eigenvalue weighted by molar-refractivity contribution is -0.274. The van der Waals surface area contributed by atoms with E-state index >= 15 is 0 Å². The topological polar surface area (TPSA) is 119 Å². The van der Waals surface area contributed by atoms with Crippen LogP contribution in [0.4, 0.5) is 17.6 Å². The van der Waals surface area contributed by atoms with Crippen LogP contribution in [0.5, 0.6) is 11.5 Å². The third-order valence-corrected chi connectivity index (χ3v) is 11.0. The number of amides is 1. The molecule has 15 heteroatoms. The number of halogens is 4. The smallest absolute Gasteiger partial charge is 0.493 e. The van der Waals surface area contributed by atoms with Crippen molar-refractivity contribution >= 4 is 26.0 Å². The Bertz CT molecular complexity index is 1510. The van der Waals surface area contributed by atoms with Crippen molar-refractivity contribution in [3.05, 3.63) is 53.3 Å². The maximum absolute atomic E-state index is 14.9. The average Bonchev–Trinajstić information content (AvgIpc) is 3.80. The van der Waals surface area contributed by atoms with Crippen LogP contribution in [-0.4, -0.2) is 58.4 Å². The quantitative estimate of drug-likeness (QED) is 0.394. The van der Waals surface area contributed by atoms with E-state index in [-0.39, 0.29) is 47.7 Å². The summed E-state index contributed by atoms with van der Waals surface area (Å²) >= 11 is 0. The highest BCUT2D eigenvalue weighted by Crippen LogP contribution is 2.45. The number of hydrogen-bond donors (Lipinski definition) is 1. The third kappa shape index (κ3) is 7.12. The number of ether oxygens (including phenoxy) is 2. The summed E-state index contributed by atoms with van der Waals surface area (Å²) in [5, 5.41) is -0.625. The number of nitrogens with one attached hydrogen (secondary N) is 1. The Kier molecular flexibility index (Phi) is 7.98. The van der Waals surface area contributed by atoms with Crippen LogP contribution in [0.15, 0.2) is 41.3 Å². The molecule has 1 amide bonds. The molecule has 0 spiro atoms. The number of alkyl halides is 3. The molecule has 0 bridgehead atoms. The van der Waals surface area contributed by atoms with Gasteiger partial charge in [-0.2, -0.15) is 4.31 Å². The lowest BCUT2D eigenvalue weighted by Crippen LogP contribution is -2.39. The molecule has 9 nitrogen and oxygen atoms in total. The largest absolute Gasteiger partial charge is 0.573 e. The Hall–Kier alpha value is -2.91. The molecule has 1 heterocycles. The number of sulfonamides is 2. The Morgan fingerprint density at radius 1 is 0.951 bits per heavy atom. The molecule has 3 aliphatic rings. The molecule has 0 atom stereocenters. The fraction of sp³-hybridized carbons (Fsp3) is 0.500. The van der Waals surface area contributed by atoms with Crippen molar-refractivity contribution in [2.75, 3.05) is 19.7 Å². The van der Waals surface area contributed by atoms with Gasteiger partial charge in [0.15, 0.2) is 0 Å². The van der Waals surface area contributed by atoms with Gasteiger partial charge in [-0.1, -0.05) is 0 Å². The Balaban J connectivity index is 1.19. The van der Waals surface area contributed by atoms with Gasteiger partial charge in [0.25, 0.3) is 5.91 Å². The number of rotatable bonds is 10. The fourth-order valence-corrected chi connectivity index (χ4v) is 7.48. The maximum atomic E-state index is 14.9. The molecule has 1 N–H and O–H groups in total. The Morgan fingerprint density at radius 2 is 1.59 bits per heavy atom. The van der Waals surface area contributed by atoms with Gasteiger partial charge < -0.3 is 9.47 Å². The summed E-state index contributed by atoms with van der Waals surface area (Å²) < 4.78 is 115. The van der Waals surface area contributed by atoms with Gasteiger partial charge in [0.2, 0.25) is 20.0 Å². The standard InChI is InChI=1S/C26H28F4N2O7S2/c27-23-14-24(21(17-1-2-17)13-22(23)25(33)31-40(34,35)19-7-8-19)38-15-16-9-11-32(12-10-16)41(36,37)20-5-3-18(4-6-20)39-26(28,29)30/h3-6,13-14,16-17,19H,1-2,7-12,15H2,(H,31,33). The molecule has 2 saturated carbocycles. The molecular formula is C26H28F4N2O7S2. The number of carbonyl (C=O) groups is 1. The van der Waals surface area contributed by atoms with Crippen molar-refractivity contribution in [1.82, 2.24) is 9.03 Å². The fourth-order valence-electron chi connectivity index (χ4n) is 4.72. The number of benzene rings is 2. The lowest BCUT2D eigenvalue weighted by atomic mass is 9.99. The van der Waals surface area contributed by atoms with Gasteiger partial charge in [-0.05, 0) is 86.3 Å². The molecule has 0 unspecified atom stereocenters. The second-order valence-electron chi connectivity index (χ2n) is 10.5. The molecule has 1 saturated heterocycles. The molecule has 2 aromatic carbocycles. The van der Waals surface area contributed by atoms with Crippen LogP contribution in [0.25, 0.3) is 0 Å². The summed E-state index contributed by atoms with van der Waals surface area (Å²) in [7, 11) is -7.77. The molecule has 2 aliphatic carbocycles. The Labute approximate surface area is 234 Å². The first-order valence-electron chi connectivity index (χ1n) is 13.1. The van der Waals surface area contributed by atoms with E-state index in [0.717, 1.165) is 43.2 Å². The Morgan fingerprint density at radius 3 is 2.15 bits per heavy atom. The predicted octanol–water partition coefficient (Wildman–Crippen LogP) is 4.30. The van der Waals surface area contributed by atoms with E-state index in [0.29, 0.717) is 31.2 Å². The highest BCUT2D eigenvalue weighted by Gasteiger charge is 2.38. The van der Waals surface area contributed by atoms with Crippen molar-refractivity contribution in [2.24, 2.45) is 5.92 Å². The number of piperidine rings is 1. The normalized spacial score (nSPS) is 19.1. The summed E-state index contributed by atoms with van der Waals surface area (Å²) in [6, 6.07) is 6.45. The van der Waals surface area contributed by atoms with E-state index in [1.165, 1.54) is 10.4 Å². The molecule has 0 radical (unpaired) electrons. The van der Waals surface area contributed by atoms with Crippen molar-refractivity contribution in [1.29, 1.82) is 0 Å². The van der Waals surface area contributed by atoms with Gasteiger partial charge in [-0.15, -0.1) is 13.2 Å². The predicted molar refractivity (Wildman–Crippen MR) is 138 cm³/mol. The van der Waals surface area contributed by atoms with E-state index < -0.39 is 49.1 Å². The van der Waals surface area contributed by atoms with Gasteiger partial charge in [0, 0.05) is 19.2 Å². The second-order valence-corrected chi connectivity index (χ2v) is 14.4. The third-order valence-electron chi connectivity index (χ3n) is 7.30. The van der Waals surface area contributed by atoms with Gasteiger partial charge in [0.05, 0.1) is 22.3 Å². The zero-order valence-electron chi connectivity index (χ0n) is 21.7. The van der Waals surface area contributed by atoms with Crippen molar-refractivity contribution in [3.8, 4) is 11.5 Å². The van der Waals surface area contributed by atoms with Crippen LogP contribution in [0.3, 0.4) is 0 Å². The first-order valence-corrected chi connectivity index (χ1v) is 16.1. The van der Waals surface area contributed by atoms with E-state index in [1.807, 2.05) is 4.72 Å². The molecule has 2 aromatic rings. The van der Waals surface area contributed by atoms with E-state index in [9.17, 15) is 39.2 Å². The van der Waals surface area contributed by atoms with Crippen LogP contribution in [0, 0.1) is 11.7 Å². The van der Waals surface area contributed by atoms with Crippen LogP contribution in [0.2, 0.25) is 0 Å². The molecule has 5 rings (SSSR count). The minimum Gasteiger partial charge on any atom is -0.493 e. The molecular weight excluding hydrogens is 592 g/mol. The summed E-state index contributed by atoms with van der Waals surface area (Å²) in [5.74, 6) is -2.16. The van der Waals surface area contributed by atoms with Crippen molar-refractivity contribution in [2.45, 2.75) is 61.0 Å². The highest BCUT2D eigenvalue weighted by molar-refractivity contribution is 7.91. The van der Waals surface area contributed by atoms with Crippen molar-refractivity contribution in [3.63, 3.8) is 0 Å². The van der Waals surface area contributed by atoms with Gasteiger partial charge in [0.1, 0.15) is 17.3 Å². The number of carbonyl (C=O) groups excluding carboxylic acids is 1. The minimum atomic E-state index is -4.88. The van der Waals surface area contributed by atoms with Gasteiger partial charge in [-0.25, -0.2) is 25.9 Å². The van der Waals surface area contributed by atoms with Crippen LogP contribution in [-0.2, 0) is 20.0 Å². The first-order chi connectivity index (χ1) is 19.2. The summed E-state index contributed by atoms with van der Waals surface area (Å²) in [5.41, 5.74) is 0.262. The molecule has 0 aromatic heterocycles. The van der Waals surface area contributed by atoms with Crippen LogP contribution >= 0.6 is 0 Å². The van der Waals surface area contributed by atoms with E-state index in [2.05, 4.69) is 4.74 Å². The van der Waals surface area contributed by atoms with Gasteiger partial charge >= 0.3 is 6.36 Å². The zero-order valence-corrected chi connectivity index (χ0v) is 23.3. The maximum Gasteiger partial charge on any atom is 0.573 e. The van der Waals surface area contributed by atoms with Gasteiger partial charge in [-0.3, -0.25) is 4.79 Å². The molecule has 41 heavy (non-hydrogen) atoms. The summed E-state index contributed by atoms with van der Waals surface area (Å²) in [4.78, 5) is 12.4. The van der Waals surface area contributed by atoms with Crippen LogP contribution < -0.4 is 14.2 Å². The second kappa shape index (κ2) is 11.1. The average molecular weight is 621 g/mol. The molecule has 224 valence electrons. The summed E-state index contributed by atoms with van der Waals surface area (Å²) in [6.45, 7) is 0.503. The van der Waals surface area contributed by atoms with Crippen molar-refractivity contribution < 1.29 is 48.7 Å². The zero-order chi connectivity index (χ0) is 29.6. The highest BCUT2D eigenvalue weighted by atomic mass is 32.2. The minimum absolute atomic E-state index is 0.0502. The number of hydrogen-bond acceptors (Lipinski definition) is 7. The first kappa shape index (κ1) is 29.6.